The van der Waals surface area contributed by atoms with Crippen molar-refractivity contribution in [3.63, 3.8) is 0 Å². The van der Waals surface area contributed by atoms with Gasteiger partial charge in [0.15, 0.2) is 28.2 Å². The van der Waals surface area contributed by atoms with Crippen LogP contribution < -0.4 is 10.5 Å². The summed E-state index contributed by atoms with van der Waals surface area (Å²) >= 11 is 0. The molecule has 15 heteroatoms. The minimum Gasteiger partial charge on any atom is -0.305 e. The fourth-order valence-electron chi connectivity index (χ4n) is 6.05. The lowest BCUT2D eigenvalue weighted by atomic mass is 9.87. The Kier molecular flexibility index (Phi) is 8.40. The number of fused-ring (bicyclic) bond motifs is 1. The van der Waals surface area contributed by atoms with Crippen molar-refractivity contribution in [2.45, 2.75) is 68.8 Å². The van der Waals surface area contributed by atoms with Gasteiger partial charge < -0.3 is 4.90 Å². The summed E-state index contributed by atoms with van der Waals surface area (Å²) in [5.41, 5.74) is 0.131. The molecule has 6 rings (SSSR count). The van der Waals surface area contributed by atoms with Gasteiger partial charge in [0, 0.05) is 42.3 Å². The molecule has 242 valence electrons. The van der Waals surface area contributed by atoms with E-state index in [2.05, 4.69) is 15.1 Å². The molecule has 2 aliphatic rings. The van der Waals surface area contributed by atoms with E-state index in [1.807, 2.05) is 0 Å². The summed E-state index contributed by atoms with van der Waals surface area (Å²) < 4.78 is 86.5. The number of anilines is 1. The molecule has 4 aromatic rings. The summed E-state index contributed by atoms with van der Waals surface area (Å²) in [6, 6.07) is 3.14. The first-order valence-electron chi connectivity index (χ1n) is 14.8. The van der Waals surface area contributed by atoms with E-state index in [-0.39, 0.29) is 36.7 Å². The van der Waals surface area contributed by atoms with E-state index in [0.717, 1.165) is 43.0 Å². The van der Waals surface area contributed by atoms with Gasteiger partial charge in [-0.15, -0.1) is 0 Å². The van der Waals surface area contributed by atoms with E-state index >= 15 is 0 Å². The number of carbonyl (C=O) groups excluding carboxylic acids is 1. The topological polar surface area (TPSA) is 118 Å². The molecule has 1 amide bonds. The highest BCUT2D eigenvalue weighted by atomic mass is 32.2. The zero-order valence-electron chi connectivity index (χ0n) is 25.0. The molecular formula is C31H30F4N6O4S. The molecule has 0 unspecified atom stereocenters. The second-order valence-corrected chi connectivity index (χ2v) is 13.5. The lowest BCUT2D eigenvalue weighted by molar-refractivity contribution is -0.125. The molecule has 1 saturated heterocycles. The highest BCUT2D eigenvalue weighted by Gasteiger charge is 2.47. The first kappa shape index (κ1) is 31.7. The minimum absolute atomic E-state index is 0.0115. The SMILES string of the molecule is Cc1c(F)c(F)c(F)c(S(=O)(=O)N2CC[C@@H]2C(=O)N(Cc2cnc(C3CCCCC3)cn2)c2ccc3c(=O)n(C)ncc3c2)c1F. The Morgan fingerprint density at radius 2 is 1.70 bits per heavy atom. The van der Waals surface area contributed by atoms with Crippen molar-refractivity contribution in [1.29, 1.82) is 0 Å². The van der Waals surface area contributed by atoms with Gasteiger partial charge in [-0.1, -0.05) is 19.3 Å². The fraction of sp³-hybridized carbons (Fsp3) is 0.387. The molecule has 0 bridgehead atoms. The first-order chi connectivity index (χ1) is 21.9. The molecule has 10 nitrogen and oxygen atoms in total. The van der Waals surface area contributed by atoms with Crippen LogP contribution in [-0.4, -0.2) is 51.0 Å². The third-order valence-electron chi connectivity index (χ3n) is 8.84. The second kappa shape index (κ2) is 12.2. The summed E-state index contributed by atoms with van der Waals surface area (Å²) in [4.78, 5) is 35.4. The predicted molar refractivity (Wildman–Crippen MR) is 159 cm³/mol. The lowest BCUT2D eigenvalue weighted by Crippen LogP contribution is -2.59. The second-order valence-electron chi connectivity index (χ2n) is 11.7. The number of aryl methyl sites for hydroxylation is 1. The number of hydrogen-bond donors (Lipinski definition) is 0. The normalized spacial score (nSPS) is 17.7. The molecule has 3 heterocycles. The third kappa shape index (κ3) is 5.44. The van der Waals surface area contributed by atoms with Crippen LogP contribution >= 0.6 is 0 Å². The monoisotopic (exact) mass is 658 g/mol. The van der Waals surface area contributed by atoms with Crippen molar-refractivity contribution < 1.29 is 30.8 Å². The predicted octanol–water partition coefficient (Wildman–Crippen LogP) is 4.63. The van der Waals surface area contributed by atoms with E-state index in [1.165, 1.54) is 36.7 Å². The number of sulfonamides is 1. The molecule has 2 aromatic carbocycles. The third-order valence-corrected chi connectivity index (χ3v) is 10.8. The van der Waals surface area contributed by atoms with Crippen molar-refractivity contribution in [1.82, 2.24) is 24.1 Å². The number of amides is 1. The molecule has 1 saturated carbocycles. The minimum atomic E-state index is -5.12. The van der Waals surface area contributed by atoms with Gasteiger partial charge in [0.05, 0.1) is 35.7 Å². The Morgan fingerprint density at radius 3 is 2.35 bits per heavy atom. The Hall–Kier alpha value is -4.24. The standard InChI is InChI=1S/C31H30F4N6O4S/c1-17-25(32)27(34)28(35)29(26(17)33)46(44,45)41-11-10-24(41)31(43)40(21-8-9-22-19(12-21)13-38-39(2)30(22)42)16-20-14-37-23(15-36-20)18-6-4-3-5-7-18/h8-9,12-15,18,24H,3-7,10-11,16H2,1-2H3/t24-/m1/s1. The van der Waals surface area contributed by atoms with Crippen molar-refractivity contribution in [2.24, 2.45) is 7.05 Å². The Labute approximate surface area is 261 Å². The van der Waals surface area contributed by atoms with Gasteiger partial charge in [0.2, 0.25) is 15.9 Å². The van der Waals surface area contributed by atoms with E-state index in [9.17, 15) is 35.6 Å². The molecule has 2 aromatic heterocycles. The molecule has 1 aliphatic carbocycles. The van der Waals surface area contributed by atoms with Crippen LogP contribution in [0.5, 0.6) is 0 Å². The molecule has 1 atom stereocenters. The highest BCUT2D eigenvalue weighted by molar-refractivity contribution is 7.89. The average Bonchev–Trinajstić information content (AvgIpc) is 3.03. The van der Waals surface area contributed by atoms with Crippen LogP contribution in [0.3, 0.4) is 0 Å². The first-order valence-corrected chi connectivity index (χ1v) is 16.3. The van der Waals surface area contributed by atoms with Gasteiger partial charge in [-0.3, -0.25) is 19.6 Å². The number of carbonyl (C=O) groups is 1. The fourth-order valence-corrected chi connectivity index (χ4v) is 7.86. The Morgan fingerprint density at radius 1 is 0.957 bits per heavy atom. The van der Waals surface area contributed by atoms with Crippen LogP contribution in [-0.2, 0) is 28.4 Å². The number of rotatable bonds is 7. The van der Waals surface area contributed by atoms with Crippen molar-refractivity contribution in [3.05, 3.63) is 87.4 Å². The van der Waals surface area contributed by atoms with Crippen LogP contribution in [0.4, 0.5) is 23.2 Å². The average molecular weight is 659 g/mol. The van der Waals surface area contributed by atoms with Crippen LogP contribution in [0, 0.1) is 30.2 Å². The van der Waals surface area contributed by atoms with Gasteiger partial charge in [-0.2, -0.15) is 9.40 Å². The maximum Gasteiger partial charge on any atom is 0.274 e. The van der Waals surface area contributed by atoms with E-state index < -0.39 is 55.7 Å². The van der Waals surface area contributed by atoms with Gasteiger partial charge in [-0.05, 0) is 44.4 Å². The molecular weight excluding hydrogens is 628 g/mol. The Bertz CT molecular complexity index is 1990. The van der Waals surface area contributed by atoms with Crippen molar-refractivity contribution in [2.75, 3.05) is 11.4 Å². The number of hydrogen-bond acceptors (Lipinski definition) is 7. The van der Waals surface area contributed by atoms with Gasteiger partial charge in [0.1, 0.15) is 6.04 Å². The maximum absolute atomic E-state index is 14.9. The lowest BCUT2D eigenvalue weighted by Gasteiger charge is -2.41. The quantitative estimate of drug-likeness (QED) is 0.161. The van der Waals surface area contributed by atoms with E-state index in [1.54, 1.807) is 18.5 Å². The highest BCUT2D eigenvalue weighted by Crippen LogP contribution is 2.36. The van der Waals surface area contributed by atoms with Crippen molar-refractivity contribution >= 4 is 32.4 Å². The van der Waals surface area contributed by atoms with Crippen LogP contribution in [0.2, 0.25) is 0 Å². The summed E-state index contributed by atoms with van der Waals surface area (Å²) in [6.45, 7) is 0.337. The van der Waals surface area contributed by atoms with Gasteiger partial charge >= 0.3 is 0 Å². The maximum atomic E-state index is 14.9. The van der Waals surface area contributed by atoms with Gasteiger partial charge in [0.25, 0.3) is 5.56 Å². The van der Waals surface area contributed by atoms with Crippen LogP contribution in [0.15, 0.2) is 46.5 Å². The number of aromatic nitrogens is 4. The smallest absolute Gasteiger partial charge is 0.274 e. The molecule has 0 radical (unpaired) electrons. The Balaban J connectivity index is 1.36. The van der Waals surface area contributed by atoms with Crippen LogP contribution in [0.1, 0.15) is 61.4 Å². The summed E-state index contributed by atoms with van der Waals surface area (Å²) in [5, 5.41) is 4.77. The number of nitrogens with zero attached hydrogens (tertiary/aromatic N) is 6. The van der Waals surface area contributed by atoms with E-state index in [0.29, 0.717) is 20.8 Å². The number of halogens is 4. The largest absolute Gasteiger partial charge is 0.305 e. The number of benzene rings is 2. The summed E-state index contributed by atoms with van der Waals surface area (Å²) in [7, 11) is -3.63. The molecule has 46 heavy (non-hydrogen) atoms. The molecule has 1 aliphatic heterocycles. The summed E-state index contributed by atoms with van der Waals surface area (Å²) in [5.74, 6) is -8.42. The van der Waals surface area contributed by atoms with Crippen molar-refractivity contribution in [3.8, 4) is 0 Å². The van der Waals surface area contributed by atoms with Gasteiger partial charge in [-0.25, -0.2) is 30.7 Å². The molecule has 0 N–H and O–H groups in total. The summed E-state index contributed by atoms with van der Waals surface area (Å²) in [6.07, 6.45) is 10.0. The molecule has 2 fully saturated rings. The zero-order valence-corrected chi connectivity index (χ0v) is 25.8. The van der Waals surface area contributed by atoms with E-state index in [4.69, 9.17) is 0 Å². The van der Waals surface area contributed by atoms with Crippen LogP contribution in [0.25, 0.3) is 10.8 Å². The zero-order chi connectivity index (χ0) is 32.9. The molecule has 0 spiro atoms.